The standard InChI is InChI=1S/C14H13N3O2S3/c1-3-19-10(18)7-21-14-12-13(22-8(2)15-12)11(16-17-14)9-5-4-6-20-9/h4-6H,3,7H2,1-2H3. The number of fused-ring (bicyclic) bond motifs is 1. The first kappa shape index (κ1) is 15.4. The van der Waals surface area contributed by atoms with Crippen LogP contribution in [0.5, 0.6) is 0 Å². The molecule has 0 radical (unpaired) electrons. The number of thioether (sulfide) groups is 1. The summed E-state index contributed by atoms with van der Waals surface area (Å²) >= 11 is 4.54. The van der Waals surface area contributed by atoms with Crippen LogP contribution in [0.15, 0.2) is 22.5 Å². The summed E-state index contributed by atoms with van der Waals surface area (Å²) < 4.78 is 5.95. The van der Waals surface area contributed by atoms with Crippen molar-refractivity contribution in [1.82, 2.24) is 15.2 Å². The molecule has 0 spiro atoms. The van der Waals surface area contributed by atoms with E-state index in [2.05, 4.69) is 15.2 Å². The first-order valence-corrected chi connectivity index (χ1v) is 9.33. The van der Waals surface area contributed by atoms with Gasteiger partial charge in [0.05, 0.1) is 26.9 Å². The van der Waals surface area contributed by atoms with Crippen molar-refractivity contribution in [3.05, 3.63) is 22.5 Å². The predicted octanol–water partition coefficient (Wildman–Crippen LogP) is 3.78. The average molecular weight is 351 g/mol. The Morgan fingerprint density at radius 3 is 3.00 bits per heavy atom. The molecule has 8 heteroatoms. The summed E-state index contributed by atoms with van der Waals surface area (Å²) in [6, 6.07) is 4.01. The van der Waals surface area contributed by atoms with E-state index in [1.54, 1.807) is 29.6 Å². The Kier molecular flexibility index (Phi) is 4.70. The number of thiophene rings is 1. The highest BCUT2D eigenvalue weighted by atomic mass is 32.2. The van der Waals surface area contributed by atoms with E-state index >= 15 is 0 Å². The summed E-state index contributed by atoms with van der Waals surface area (Å²) in [7, 11) is 0. The van der Waals surface area contributed by atoms with Gasteiger partial charge in [-0.25, -0.2) is 4.98 Å². The van der Waals surface area contributed by atoms with Gasteiger partial charge in [-0.2, -0.15) is 0 Å². The number of hydrogen-bond acceptors (Lipinski definition) is 8. The molecule has 0 amide bonds. The molecule has 22 heavy (non-hydrogen) atoms. The summed E-state index contributed by atoms with van der Waals surface area (Å²) in [6.07, 6.45) is 0. The third kappa shape index (κ3) is 3.13. The monoisotopic (exact) mass is 351 g/mol. The maximum atomic E-state index is 11.5. The Balaban J connectivity index is 1.96. The minimum absolute atomic E-state index is 0.215. The summed E-state index contributed by atoms with van der Waals surface area (Å²) in [5, 5.41) is 12.3. The summed E-state index contributed by atoms with van der Waals surface area (Å²) in [4.78, 5) is 17.1. The lowest BCUT2D eigenvalue weighted by Crippen LogP contribution is -2.07. The first-order valence-electron chi connectivity index (χ1n) is 6.65. The summed E-state index contributed by atoms with van der Waals surface area (Å²) in [5.74, 6) is -0.0382. The smallest absolute Gasteiger partial charge is 0.316 e. The Bertz CT molecular complexity index is 799. The second-order valence-corrected chi connectivity index (χ2v) is 7.45. The van der Waals surface area contributed by atoms with Gasteiger partial charge in [0.25, 0.3) is 0 Å². The van der Waals surface area contributed by atoms with E-state index in [1.807, 2.05) is 24.4 Å². The molecule has 0 saturated carbocycles. The molecule has 0 fully saturated rings. The maximum absolute atomic E-state index is 11.5. The Hall–Kier alpha value is -1.51. The lowest BCUT2D eigenvalue weighted by molar-refractivity contribution is -0.139. The highest BCUT2D eigenvalue weighted by Gasteiger charge is 2.17. The third-order valence-corrected chi connectivity index (χ3v) is 5.56. The third-order valence-electron chi connectivity index (χ3n) is 2.78. The highest BCUT2D eigenvalue weighted by Crippen LogP contribution is 2.36. The molecular formula is C14H13N3O2S3. The molecule has 3 heterocycles. The molecule has 3 rings (SSSR count). The van der Waals surface area contributed by atoms with Gasteiger partial charge in [-0.3, -0.25) is 4.79 Å². The Labute approximate surface area is 139 Å². The summed E-state index contributed by atoms with van der Waals surface area (Å²) in [5.41, 5.74) is 1.67. The molecular weight excluding hydrogens is 338 g/mol. The van der Waals surface area contributed by atoms with Gasteiger partial charge in [-0.1, -0.05) is 17.8 Å². The van der Waals surface area contributed by atoms with Gasteiger partial charge in [-0.15, -0.1) is 32.9 Å². The number of nitrogens with zero attached hydrogens (tertiary/aromatic N) is 3. The van der Waals surface area contributed by atoms with E-state index in [9.17, 15) is 4.79 Å². The molecule has 0 aliphatic rings. The molecule has 0 N–H and O–H groups in total. The van der Waals surface area contributed by atoms with Crippen molar-refractivity contribution in [3.63, 3.8) is 0 Å². The van der Waals surface area contributed by atoms with E-state index in [-0.39, 0.29) is 11.7 Å². The number of hydrogen-bond donors (Lipinski definition) is 0. The lowest BCUT2D eigenvalue weighted by Gasteiger charge is -2.03. The number of esters is 1. The van der Waals surface area contributed by atoms with Gasteiger partial charge < -0.3 is 4.74 Å². The fourth-order valence-electron chi connectivity index (χ4n) is 1.92. The fourth-order valence-corrected chi connectivity index (χ4v) is 4.41. The van der Waals surface area contributed by atoms with Crippen LogP contribution in [-0.2, 0) is 9.53 Å². The Morgan fingerprint density at radius 2 is 2.27 bits per heavy atom. The van der Waals surface area contributed by atoms with Gasteiger partial charge in [0.15, 0.2) is 0 Å². The second kappa shape index (κ2) is 6.72. The number of rotatable bonds is 5. The van der Waals surface area contributed by atoms with E-state index < -0.39 is 0 Å². The lowest BCUT2D eigenvalue weighted by atomic mass is 10.3. The molecule has 5 nitrogen and oxygen atoms in total. The number of carbonyl (C=O) groups excluding carboxylic acids is 1. The van der Waals surface area contributed by atoms with Crippen LogP contribution in [0.25, 0.3) is 20.8 Å². The fraction of sp³-hybridized carbons (Fsp3) is 0.286. The molecule has 0 atom stereocenters. The SMILES string of the molecule is CCOC(=O)CSc1nnc(-c2cccs2)c2sc(C)nc12. The zero-order valence-corrected chi connectivity index (χ0v) is 14.5. The van der Waals surface area contributed by atoms with Crippen LogP contribution in [0.2, 0.25) is 0 Å². The number of thiazole rings is 1. The van der Waals surface area contributed by atoms with E-state index in [1.165, 1.54) is 11.8 Å². The minimum atomic E-state index is -0.253. The minimum Gasteiger partial charge on any atom is -0.465 e. The molecule has 3 aromatic heterocycles. The Morgan fingerprint density at radius 1 is 1.41 bits per heavy atom. The van der Waals surface area contributed by atoms with Crippen LogP contribution < -0.4 is 0 Å². The largest absolute Gasteiger partial charge is 0.465 e. The molecule has 0 aliphatic carbocycles. The van der Waals surface area contributed by atoms with Gasteiger partial charge in [-0.05, 0) is 25.3 Å². The maximum Gasteiger partial charge on any atom is 0.316 e. The first-order chi connectivity index (χ1) is 10.7. The molecule has 0 aliphatic heterocycles. The normalized spacial score (nSPS) is 11.0. The molecule has 3 aromatic rings. The van der Waals surface area contributed by atoms with E-state index in [0.717, 1.165) is 25.8 Å². The zero-order chi connectivity index (χ0) is 15.5. The quantitative estimate of drug-likeness (QED) is 0.515. The highest BCUT2D eigenvalue weighted by molar-refractivity contribution is 8.00. The summed E-state index contributed by atoms with van der Waals surface area (Å²) in [6.45, 7) is 4.14. The molecule has 0 unspecified atom stereocenters. The molecule has 0 saturated heterocycles. The molecule has 0 bridgehead atoms. The van der Waals surface area contributed by atoms with Gasteiger partial charge in [0.1, 0.15) is 16.2 Å². The molecule has 114 valence electrons. The second-order valence-electron chi connectivity index (χ2n) is 4.34. The van der Waals surface area contributed by atoms with Crippen molar-refractivity contribution in [2.24, 2.45) is 0 Å². The van der Waals surface area contributed by atoms with E-state index in [0.29, 0.717) is 11.6 Å². The van der Waals surface area contributed by atoms with Crippen LogP contribution in [0.1, 0.15) is 11.9 Å². The topological polar surface area (TPSA) is 65.0 Å². The van der Waals surface area contributed by atoms with Crippen LogP contribution >= 0.6 is 34.4 Å². The van der Waals surface area contributed by atoms with Crippen molar-refractivity contribution in [1.29, 1.82) is 0 Å². The van der Waals surface area contributed by atoms with Gasteiger partial charge in [0, 0.05) is 0 Å². The van der Waals surface area contributed by atoms with Crippen LogP contribution in [0.3, 0.4) is 0 Å². The van der Waals surface area contributed by atoms with Crippen LogP contribution in [0.4, 0.5) is 0 Å². The number of aryl methyl sites for hydroxylation is 1. The van der Waals surface area contributed by atoms with Crippen molar-refractivity contribution < 1.29 is 9.53 Å². The number of carbonyl (C=O) groups is 1. The van der Waals surface area contributed by atoms with Gasteiger partial charge in [0.2, 0.25) is 0 Å². The van der Waals surface area contributed by atoms with Gasteiger partial charge >= 0.3 is 5.97 Å². The molecule has 0 aromatic carbocycles. The van der Waals surface area contributed by atoms with Crippen molar-refractivity contribution in [3.8, 4) is 10.6 Å². The van der Waals surface area contributed by atoms with Crippen LogP contribution in [0, 0.1) is 6.92 Å². The van der Waals surface area contributed by atoms with E-state index in [4.69, 9.17) is 4.74 Å². The number of ether oxygens (including phenoxy) is 1. The van der Waals surface area contributed by atoms with Crippen LogP contribution in [-0.4, -0.2) is 33.5 Å². The van der Waals surface area contributed by atoms with Crippen molar-refractivity contribution in [2.75, 3.05) is 12.4 Å². The average Bonchev–Trinajstić information content (AvgIpc) is 3.13. The number of aromatic nitrogens is 3. The van der Waals surface area contributed by atoms with Crippen molar-refractivity contribution >= 4 is 50.6 Å². The predicted molar refractivity (Wildman–Crippen MR) is 90.6 cm³/mol. The van der Waals surface area contributed by atoms with Crippen molar-refractivity contribution in [2.45, 2.75) is 18.9 Å². The zero-order valence-electron chi connectivity index (χ0n) is 12.0.